The van der Waals surface area contributed by atoms with Crippen molar-refractivity contribution in [2.45, 2.75) is 44.4 Å². The first-order valence-electron chi connectivity index (χ1n) is 6.29. The maximum Gasteiger partial charge on any atom is 0.173 e. The van der Waals surface area contributed by atoms with Gasteiger partial charge in [0.25, 0.3) is 0 Å². The third kappa shape index (κ3) is 2.76. The van der Waals surface area contributed by atoms with Crippen molar-refractivity contribution in [3.05, 3.63) is 23.7 Å². The van der Waals surface area contributed by atoms with Crippen LogP contribution in [0, 0.1) is 0 Å². The molecule has 2 aromatic heterocycles. The fraction of sp³-hybridized carbons (Fsp3) is 0.500. The summed E-state index contributed by atoms with van der Waals surface area (Å²) in [6.45, 7) is 4.05. The molecule has 0 radical (unpaired) electrons. The van der Waals surface area contributed by atoms with E-state index in [0.717, 1.165) is 43.3 Å². The van der Waals surface area contributed by atoms with Crippen LogP contribution in [0.4, 0.5) is 0 Å². The van der Waals surface area contributed by atoms with E-state index in [9.17, 15) is 13.0 Å². The van der Waals surface area contributed by atoms with Gasteiger partial charge in [-0.2, -0.15) is 5.10 Å². The van der Waals surface area contributed by atoms with Gasteiger partial charge in [0.05, 0.1) is 6.20 Å². The van der Waals surface area contributed by atoms with Crippen LogP contribution < -0.4 is 0 Å². The molecule has 6 nitrogen and oxygen atoms in total. The molecule has 0 saturated heterocycles. The molecule has 0 aliphatic heterocycles. The van der Waals surface area contributed by atoms with Gasteiger partial charge in [-0.15, -0.1) is 0 Å². The lowest BCUT2D eigenvalue weighted by molar-refractivity contribution is 0.464. The van der Waals surface area contributed by atoms with Crippen molar-refractivity contribution in [1.82, 2.24) is 14.6 Å². The van der Waals surface area contributed by atoms with Crippen LogP contribution in [0.5, 0.6) is 0 Å². The van der Waals surface area contributed by atoms with Gasteiger partial charge in [0.15, 0.2) is 5.65 Å². The van der Waals surface area contributed by atoms with E-state index < -0.39 is 10.1 Å². The Morgan fingerprint density at radius 3 is 2.53 bits per heavy atom. The number of aryl methyl sites for hydroxylation is 2. The molecular formula is C12H16N3O3S-. The zero-order chi connectivity index (χ0) is 14.0. The highest BCUT2D eigenvalue weighted by molar-refractivity contribution is 7.86. The summed E-state index contributed by atoms with van der Waals surface area (Å²) >= 11 is 0. The van der Waals surface area contributed by atoms with Gasteiger partial charge in [0.1, 0.15) is 15.0 Å². The number of fused-ring (bicyclic) bond motifs is 1. The molecule has 0 saturated carbocycles. The van der Waals surface area contributed by atoms with E-state index in [-0.39, 0.29) is 10.5 Å². The SMILES string of the molecule is CCCc1cc(CCC)n2ncc(S(=O)(=O)[O-])c2n1. The van der Waals surface area contributed by atoms with Gasteiger partial charge in [-0.05, 0) is 18.9 Å². The highest BCUT2D eigenvalue weighted by Gasteiger charge is 2.15. The minimum absolute atomic E-state index is 0.143. The zero-order valence-corrected chi connectivity index (χ0v) is 11.8. The molecule has 2 aromatic rings. The monoisotopic (exact) mass is 282 g/mol. The van der Waals surface area contributed by atoms with E-state index in [1.807, 2.05) is 19.9 Å². The van der Waals surface area contributed by atoms with Crippen molar-refractivity contribution in [2.24, 2.45) is 0 Å². The van der Waals surface area contributed by atoms with Crippen molar-refractivity contribution in [2.75, 3.05) is 0 Å². The molecular weight excluding hydrogens is 266 g/mol. The minimum atomic E-state index is -4.55. The van der Waals surface area contributed by atoms with Crippen LogP contribution in [0.3, 0.4) is 0 Å². The number of nitrogens with zero attached hydrogens (tertiary/aromatic N) is 3. The Labute approximate surface area is 112 Å². The second-order valence-corrected chi connectivity index (χ2v) is 5.79. The molecule has 0 atom stereocenters. The molecule has 0 fully saturated rings. The summed E-state index contributed by atoms with van der Waals surface area (Å²) in [5.41, 5.74) is 1.82. The molecule has 0 unspecified atom stereocenters. The second kappa shape index (κ2) is 5.26. The van der Waals surface area contributed by atoms with Gasteiger partial charge in [0, 0.05) is 11.4 Å². The number of rotatable bonds is 5. The number of hydrogen-bond donors (Lipinski definition) is 0. The van der Waals surface area contributed by atoms with Crippen LogP contribution in [0.2, 0.25) is 0 Å². The van der Waals surface area contributed by atoms with Crippen LogP contribution in [0.15, 0.2) is 17.2 Å². The minimum Gasteiger partial charge on any atom is -0.744 e. The highest BCUT2D eigenvalue weighted by Crippen LogP contribution is 2.18. The van der Waals surface area contributed by atoms with Gasteiger partial charge < -0.3 is 4.55 Å². The Bertz CT molecular complexity index is 692. The van der Waals surface area contributed by atoms with E-state index in [2.05, 4.69) is 10.1 Å². The molecule has 104 valence electrons. The maximum absolute atomic E-state index is 11.2. The smallest absolute Gasteiger partial charge is 0.173 e. The zero-order valence-electron chi connectivity index (χ0n) is 11.0. The van der Waals surface area contributed by atoms with Gasteiger partial charge >= 0.3 is 0 Å². The van der Waals surface area contributed by atoms with Gasteiger partial charge in [0.2, 0.25) is 0 Å². The Hall–Kier alpha value is -1.47. The Balaban J connectivity index is 2.71. The number of hydrogen-bond acceptors (Lipinski definition) is 5. The second-order valence-electron chi connectivity index (χ2n) is 4.44. The lowest BCUT2D eigenvalue weighted by atomic mass is 10.2. The maximum atomic E-state index is 11.2. The molecule has 2 heterocycles. The first kappa shape index (κ1) is 14.0. The lowest BCUT2D eigenvalue weighted by Crippen LogP contribution is -2.06. The van der Waals surface area contributed by atoms with E-state index >= 15 is 0 Å². The predicted molar refractivity (Wildman–Crippen MR) is 68.9 cm³/mol. The summed E-state index contributed by atoms with van der Waals surface area (Å²) in [6.07, 6.45) is 4.40. The summed E-state index contributed by atoms with van der Waals surface area (Å²) < 4.78 is 35.0. The topological polar surface area (TPSA) is 87.4 Å². The summed E-state index contributed by atoms with van der Waals surface area (Å²) in [5, 5.41) is 3.98. The normalized spacial score (nSPS) is 12.2. The summed E-state index contributed by atoms with van der Waals surface area (Å²) in [5.74, 6) is 0. The fourth-order valence-corrected chi connectivity index (χ4v) is 2.59. The molecule has 7 heteroatoms. The molecule has 0 amide bonds. The summed E-state index contributed by atoms with van der Waals surface area (Å²) in [6, 6.07) is 1.92. The average molecular weight is 282 g/mol. The summed E-state index contributed by atoms with van der Waals surface area (Å²) in [7, 11) is -4.55. The Morgan fingerprint density at radius 1 is 1.26 bits per heavy atom. The van der Waals surface area contributed by atoms with E-state index in [1.54, 1.807) is 0 Å². The van der Waals surface area contributed by atoms with Crippen molar-refractivity contribution < 1.29 is 13.0 Å². The molecule has 0 bridgehead atoms. The first-order chi connectivity index (χ1) is 8.97. The van der Waals surface area contributed by atoms with Crippen molar-refractivity contribution in [3.63, 3.8) is 0 Å². The Morgan fingerprint density at radius 2 is 1.95 bits per heavy atom. The molecule has 0 aliphatic carbocycles. The first-order valence-corrected chi connectivity index (χ1v) is 7.70. The van der Waals surface area contributed by atoms with E-state index in [1.165, 1.54) is 4.52 Å². The van der Waals surface area contributed by atoms with Crippen molar-refractivity contribution >= 4 is 15.8 Å². The third-order valence-electron chi connectivity index (χ3n) is 2.85. The fourth-order valence-electron chi connectivity index (χ4n) is 2.06. The van der Waals surface area contributed by atoms with Crippen molar-refractivity contribution in [3.8, 4) is 0 Å². The lowest BCUT2D eigenvalue weighted by Gasteiger charge is -2.08. The largest absolute Gasteiger partial charge is 0.744 e. The molecule has 0 aliphatic rings. The van der Waals surface area contributed by atoms with Gasteiger partial charge in [-0.1, -0.05) is 26.7 Å². The molecule has 0 spiro atoms. The van der Waals surface area contributed by atoms with Gasteiger partial charge in [-0.3, -0.25) is 0 Å². The van der Waals surface area contributed by atoms with Crippen molar-refractivity contribution in [1.29, 1.82) is 0 Å². The highest BCUT2D eigenvalue weighted by atomic mass is 32.2. The summed E-state index contributed by atoms with van der Waals surface area (Å²) in [4.78, 5) is 3.91. The Kier molecular flexibility index (Phi) is 3.86. The number of aromatic nitrogens is 3. The predicted octanol–water partition coefficient (Wildman–Crippen LogP) is 1.54. The van der Waals surface area contributed by atoms with Crippen LogP contribution >= 0.6 is 0 Å². The van der Waals surface area contributed by atoms with Crippen LogP contribution in [0.25, 0.3) is 5.65 Å². The molecule has 2 rings (SSSR count). The van der Waals surface area contributed by atoms with Crippen LogP contribution in [0.1, 0.15) is 38.1 Å². The van der Waals surface area contributed by atoms with Gasteiger partial charge in [-0.25, -0.2) is 17.9 Å². The standard InChI is InChI=1S/C12H17N3O3S/c1-3-5-9-7-10(6-4-2)15-12(14-9)11(8-13-15)19(16,17)18/h7-8H,3-6H2,1-2H3,(H,16,17,18)/p-1. The average Bonchev–Trinajstić information content (AvgIpc) is 2.73. The molecule has 0 aromatic carbocycles. The quantitative estimate of drug-likeness (QED) is 0.776. The van der Waals surface area contributed by atoms with Crippen LogP contribution in [-0.2, 0) is 23.0 Å². The van der Waals surface area contributed by atoms with E-state index in [4.69, 9.17) is 0 Å². The molecule has 19 heavy (non-hydrogen) atoms. The third-order valence-corrected chi connectivity index (χ3v) is 3.67. The van der Waals surface area contributed by atoms with E-state index in [0.29, 0.717) is 0 Å². The van der Waals surface area contributed by atoms with Crippen LogP contribution in [-0.4, -0.2) is 27.6 Å². The molecule has 0 N–H and O–H groups in total.